The number of benzene rings is 1. The zero-order chi connectivity index (χ0) is 14.5. The van der Waals surface area contributed by atoms with Crippen molar-refractivity contribution in [3.8, 4) is 11.6 Å². The number of hydrogen-bond donors (Lipinski definition) is 1. The number of anilines is 1. The van der Waals surface area contributed by atoms with Gasteiger partial charge < -0.3 is 15.2 Å². The minimum Gasteiger partial charge on any atom is -0.462 e. The lowest BCUT2D eigenvalue weighted by atomic mass is 10.2. The fourth-order valence-corrected chi connectivity index (χ4v) is 1.71. The standard InChI is InChI=1S/C14H13ClN2O3/c1-2-19-14(18)10-7-9(16)8-17-13(10)20-12-6-4-3-5-11(12)15/h3-8H,2,16H2,1H3. The van der Waals surface area contributed by atoms with Crippen LogP contribution in [-0.2, 0) is 4.74 Å². The van der Waals surface area contributed by atoms with Crippen molar-refractivity contribution >= 4 is 23.3 Å². The molecule has 0 saturated carbocycles. The number of ether oxygens (including phenoxy) is 2. The van der Waals surface area contributed by atoms with Gasteiger partial charge in [0.2, 0.25) is 5.88 Å². The first kappa shape index (κ1) is 14.1. The van der Waals surface area contributed by atoms with Gasteiger partial charge in [-0.3, -0.25) is 0 Å². The van der Waals surface area contributed by atoms with Crippen LogP contribution in [0.1, 0.15) is 17.3 Å². The number of aromatic nitrogens is 1. The van der Waals surface area contributed by atoms with Crippen LogP contribution in [0.25, 0.3) is 0 Å². The van der Waals surface area contributed by atoms with Gasteiger partial charge >= 0.3 is 5.97 Å². The first-order chi connectivity index (χ1) is 9.61. The number of pyridine rings is 1. The molecule has 0 amide bonds. The third-order valence-electron chi connectivity index (χ3n) is 2.41. The molecule has 1 aromatic carbocycles. The number of esters is 1. The predicted octanol–water partition coefficient (Wildman–Crippen LogP) is 3.29. The Morgan fingerprint density at radius 2 is 2.15 bits per heavy atom. The second kappa shape index (κ2) is 6.25. The topological polar surface area (TPSA) is 74.4 Å². The van der Waals surface area contributed by atoms with Crippen LogP contribution < -0.4 is 10.5 Å². The molecule has 2 N–H and O–H groups in total. The minimum atomic E-state index is -0.547. The van der Waals surface area contributed by atoms with Crippen LogP contribution in [0.4, 0.5) is 5.69 Å². The average Bonchev–Trinajstić information content (AvgIpc) is 2.43. The van der Waals surface area contributed by atoms with E-state index in [9.17, 15) is 4.79 Å². The van der Waals surface area contributed by atoms with E-state index in [1.807, 2.05) is 0 Å². The largest absolute Gasteiger partial charge is 0.462 e. The van der Waals surface area contributed by atoms with Crippen LogP contribution in [0, 0.1) is 0 Å². The molecule has 0 aliphatic carbocycles. The highest BCUT2D eigenvalue weighted by Gasteiger charge is 2.17. The van der Waals surface area contributed by atoms with Gasteiger partial charge in [-0.2, -0.15) is 0 Å². The predicted molar refractivity (Wildman–Crippen MR) is 76.1 cm³/mol. The van der Waals surface area contributed by atoms with Crippen LogP contribution in [0.2, 0.25) is 5.02 Å². The highest BCUT2D eigenvalue weighted by atomic mass is 35.5. The molecular weight excluding hydrogens is 280 g/mol. The summed E-state index contributed by atoms with van der Waals surface area (Å²) in [5.74, 6) is -0.0444. The highest BCUT2D eigenvalue weighted by molar-refractivity contribution is 6.32. The molecule has 104 valence electrons. The quantitative estimate of drug-likeness (QED) is 0.875. The fourth-order valence-electron chi connectivity index (χ4n) is 1.54. The molecule has 0 atom stereocenters. The molecule has 1 heterocycles. The summed E-state index contributed by atoms with van der Waals surface area (Å²) in [6, 6.07) is 8.35. The van der Waals surface area contributed by atoms with Crippen molar-refractivity contribution in [1.82, 2.24) is 4.98 Å². The maximum absolute atomic E-state index is 11.9. The number of hydrogen-bond acceptors (Lipinski definition) is 5. The number of carbonyl (C=O) groups excluding carboxylic acids is 1. The van der Waals surface area contributed by atoms with E-state index >= 15 is 0 Å². The number of carbonyl (C=O) groups is 1. The van der Waals surface area contributed by atoms with Gasteiger partial charge in [-0.15, -0.1) is 0 Å². The highest BCUT2D eigenvalue weighted by Crippen LogP contribution is 2.30. The maximum atomic E-state index is 11.9. The Hall–Kier alpha value is -2.27. The Kier molecular flexibility index (Phi) is 4.42. The van der Waals surface area contributed by atoms with E-state index in [2.05, 4.69) is 4.98 Å². The van der Waals surface area contributed by atoms with Crippen molar-refractivity contribution in [3.63, 3.8) is 0 Å². The molecule has 1 aromatic heterocycles. The van der Waals surface area contributed by atoms with Gasteiger partial charge in [-0.25, -0.2) is 9.78 Å². The molecule has 0 bridgehead atoms. The smallest absolute Gasteiger partial charge is 0.343 e. The number of nitrogens with two attached hydrogens (primary N) is 1. The monoisotopic (exact) mass is 292 g/mol. The first-order valence-corrected chi connectivity index (χ1v) is 6.34. The normalized spacial score (nSPS) is 10.1. The number of para-hydroxylation sites is 1. The van der Waals surface area contributed by atoms with Crippen molar-refractivity contribution in [1.29, 1.82) is 0 Å². The summed E-state index contributed by atoms with van der Waals surface area (Å²) < 4.78 is 10.5. The first-order valence-electron chi connectivity index (χ1n) is 5.97. The van der Waals surface area contributed by atoms with E-state index in [1.54, 1.807) is 31.2 Å². The second-order valence-corrected chi connectivity index (χ2v) is 4.28. The van der Waals surface area contributed by atoms with E-state index < -0.39 is 5.97 Å². The molecule has 0 aliphatic heterocycles. The summed E-state index contributed by atoms with van der Waals surface area (Å²) in [5, 5.41) is 0.418. The van der Waals surface area contributed by atoms with E-state index in [1.165, 1.54) is 12.3 Å². The summed E-state index contributed by atoms with van der Waals surface area (Å²) in [6.07, 6.45) is 1.40. The molecule has 0 spiro atoms. The molecule has 5 nitrogen and oxygen atoms in total. The summed E-state index contributed by atoms with van der Waals surface area (Å²) in [4.78, 5) is 15.9. The lowest BCUT2D eigenvalue weighted by molar-refractivity contribution is 0.0523. The van der Waals surface area contributed by atoms with Gasteiger partial charge in [0.15, 0.2) is 0 Å². The van der Waals surface area contributed by atoms with E-state index in [-0.39, 0.29) is 18.1 Å². The van der Waals surface area contributed by atoms with Crippen molar-refractivity contribution in [2.24, 2.45) is 0 Å². The van der Waals surface area contributed by atoms with Gasteiger partial charge in [0.1, 0.15) is 11.3 Å². The third-order valence-corrected chi connectivity index (χ3v) is 2.72. The molecule has 6 heteroatoms. The Bertz CT molecular complexity index is 632. The van der Waals surface area contributed by atoms with Crippen LogP contribution in [0.15, 0.2) is 36.5 Å². The molecule has 2 aromatic rings. The van der Waals surface area contributed by atoms with Gasteiger partial charge in [0.25, 0.3) is 0 Å². The van der Waals surface area contributed by atoms with Gasteiger partial charge in [0, 0.05) is 0 Å². The van der Waals surface area contributed by atoms with Crippen molar-refractivity contribution < 1.29 is 14.3 Å². The van der Waals surface area contributed by atoms with Crippen molar-refractivity contribution in [2.75, 3.05) is 12.3 Å². The molecule has 0 radical (unpaired) electrons. The van der Waals surface area contributed by atoms with Gasteiger partial charge in [0.05, 0.1) is 23.5 Å². The molecule has 2 rings (SSSR count). The van der Waals surface area contributed by atoms with Crippen LogP contribution in [0.3, 0.4) is 0 Å². The van der Waals surface area contributed by atoms with E-state index in [0.29, 0.717) is 16.5 Å². The maximum Gasteiger partial charge on any atom is 0.343 e. The molecule has 0 unspecified atom stereocenters. The van der Waals surface area contributed by atoms with Crippen molar-refractivity contribution in [3.05, 3.63) is 47.1 Å². The van der Waals surface area contributed by atoms with Crippen LogP contribution in [-0.4, -0.2) is 17.6 Å². The Balaban J connectivity index is 2.36. The minimum absolute atomic E-state index is 0.103. The lowest BCUT2D eigenvalue weighted by Gasteiger charge is -2.10. The van der Waals surface area contributed by atoms with E-state index in [4.69, 9.17) is 26.8 Å². The lowest BCUT2D eigenvalue weighted by Crippen LogP contribution is -2.08. The number of nitrogens with zero attached hydrogens (tertiary/aromatic N) is 1. The molecule has 0 fully saturated rings. The SMILES string of the molecule is CCOC(=O)c1cc(N)cnc1Oc1ccccc1Cl. The molecular formula is C14H13ClN2O3. The third kappa shape index (κ3) is 3.19. The fraction of sp³-hybridized carbons (Fsp3) is 0.143. The Morgan fingerprint density at radius 3 is 2.85 bits per heavy atom. The molecule has 0 aliphatic rings. The number of nitrogen functional groups attached to an aromatic ring is 1. The number of rotatable bonds is 4. The van der Waals surface area contributed by atoms with Gasteiger partial charge in [-0.1, -0.05) is 23.7 Å². The Morgan fingerprint density at radius 1 is 1.40 bits per heavy atom. The van der Waals surface area contributed by atoms with Gasteiger partial charge in [-0.05, 0) is 25.1 Å². The van der Waals surface area contributed by atoms with Crippen LogP contribution >= 0.6 is 11.6 Å². The summed E-state index contributed by atoms with van der Waals surface area (Å²) in [5.41, 5.74) is 6.14. The van der Waals surface area contributed by atoms with Crippen LogP contribution in [0.5, 0.6) is 11.6 Å². The summed E-state index contributed by atoms with van der Waals surface area (Å²) >= 11 is 6.00. The Labute approximate surface area is 121 Å². The van der Waals surface area contributed by atoms with Crippen molar-refractivity contribution in [2.45, 2.75) is 6.92 Å². The second-order valence-electron chi connectivity index (χ2n) is 3.87. The zero-order valence-corrected chi connectivity index (χ0v) is 11.6. The van der Waals surface area contributed by atoms with E-state index in [0.717, 1.165) is 0 Å². The summed E-state index contributed by atoms with van der Waals surface area (Å²) in [7, 11) is 0. The molecule has 0 saturated heterocycles. The summed E-state index contributed by atoms with van der Waals surface area (Å²) in [6.45, 7) is 1.96. The number of halogens is 1. The zero-order valence-electron chi connectivity index (χ0n) is 10.8. The molecule has 20 heavy (non-hydrogen) atoms. The average molecular weight is 293 g/mol.